The number of hydrogen-bond acceptors (Lipinski definition) is 9. The SMILES string of the molecule is CO[C@]1(C)O[C@@H]([C@@H]2CN(c3ccc4c(c3)OCCO4)C(=O)O2)[C@H](CO)O[C@@]1(C)OC. The lowest BCUT2D eigenvalue weighted by atomic mass is 10.0. The molecule has 5 atom stereocenters. The van der Waals surface area contributed by atoms with Crippen LogP contribution in [0.3, 0.4) is 0 Å². The predicted molar refractivity (Wildman–Crippen MR) is 103 cm³/mol. The quantitative estimate of drug-likeness (QED) is 0.747. The van der Waals surface area contributed by atoms with E-state index in [9.17, 15) is 9.90 Å². The number of aliphatic hydroxyl groups excluding tert-OH is 1. The molecule has 0 aliphatic carbocycles. The fraction of sp³-hybridized carbons (Fsp3) is 0.650. The number of carbonyl (C=O) groups is 1. The van der Waals surface area contributed by atoms with Gasteiger partial charge in [-0.15, -0.1) is 0 Å². The third kappa shape index (κ3) is 3.38. The van der Waals surface area contributed by atoms with Crippen LogP contribution in [-0.2, 0) is 23.7 Å². The molecule has 0 aromatic heterocycles. The molecule has 0 spiro atoms. The number of rotatable bonds is 5. The highest BCUT2D eigenvalue weighted by atomic mass is 16.8. The summed E-state index contributed by atoms with van der Waals surface area (Å²) in [7, 11) is 2.94. The maximum Gasteiger partial charge on any atom is 0.414 e. The number of amides is 1. The van der Waals surface area contributed by atoms with Gasteiger partial charge in [-0.05, 0) is 26.0 Å². The average Bonchev–Trinajstić information content (AvgIpc) is 3.16. The van der Waals surface area contributed by atoms with Crippen LogP contribution in [0, 0.1) is 0 Å². The number of fused-ring (bicyclic) bond motifs is 1. The Morgan fingerprint density at radius 1 is 1.10 bits per heavy atom. The summed E-state index contributed by atoms with van der Waals surface area (Å²) >= 11 is 0. The number of aliphatic hydroxyl groups is 1. The number of carbonyl (C=O) groups excluding carboxylic acids is 1. The molecule has 0 unspecified atom stereocenters. The van der Waals surface area contributed by atoms with E-state index in [2.05, 4.69) is 0 Å². The predicted octanol–water partition coefficient (Wildman–Crippen LogP) is 1.28. The Bertz CT molecular complexity index is 804. The molecule has 3 aliphatic rings. The number of ether oxygens (including phenoxy) is 7. The van der Waals surface area contributed by atoms with Crippen molar-refractivity contribution in [3.05, 3.63) is 18.2 Å². The third-order valence-corrected chi connectivity index (χ3v) is 5.93. The largest absolute Gasteiger partial charge is 0.486 e. The van der Waals surface area contributed by atoms with Crippen LogP contribution in [0.4, 0.5) is 10.5 Å². The average molecular weight is 425 g/mol. The number of cyclic esters (lactones) is 1. The Hall–Kier alpha value is -2.11. The Labute approximate surface area is 174 Å². The van der Waals surface area contributed by atoms with Gasteiger partial charge in [0.15, 0.2) is 17.6 Å². The molecule has 1 aromatic carbocycles. The zero-order valence-corrected chi connectivity index (χ0v) is 17.5. The first-order valence-electron chi connectivity index (χ1n) is 9.78. The Morgan fingerprint density at radius 2 is 1.77 bits per heavy atom. The number of benzene rings is 1. The molecule has 0 radical (unpaired) electrons. The van der Waals surface area contributed by atoms with Gasteiger partial charge in [-0.25, -0.2) is 4.79 Å². The van der Waals surface area contributed by atoms with Gasteiger partial charge < -0.3 is 38.3 Å². The lowest BCUT2D eigenvalue weighted by molar-refractivity contribution is -0.454. The van der Waals surface area contributed by atoms with Gasteiger partial charge >= 0.3 is 6.09 Å². The molecule has 2 fully saturated rings. The molecule has 3 heterocycles. The van der Waals surface area contributed by atoms with Gasteiger partial charge in [0, 0.05) is 20.3 Å². The Morgan fingerprint density at radius 3 is 2.43 bits per heavy atom. The van der Waals surface area contributed by atoms with Crippen molar-refractivity contribution in [2.75, 3.05) is 45.5 Å². The topological polar surface area (TPSA) is 105 Å². The monoisotopic (exact) mass is 425 g/mol. The first kappa shape index (κ1) is 21.1. The highest BCUT2D eigenvalue weighted by Gasteiger charge is 2.59. The van der Waals surface area contributed by atoms with Crippen molar-refractivity contribution in [1.29, 1.82) is 0 Å². The van der Waals surface area contributed by atoms with Crippen molar-refractivity contribution in [2.45, 2.75) is 43.7 Å². The van der Waals surface area contributed by atoms with E-state index in [0.29, 0.717) is 30.4 Å². The fourth-order valence-electron chi connectivity index (χ4n) is 3.90. The van der Waals surface area contributed by atoms with Crippen LogP contribution in [0.25, 0.3) is 0 Å². The van der Waals surface area contributed by atoms with E-state index in [0.717, 1.165) is 0 Å². The molecule has 4 rings (SSSR count). The van der Waals surface area contributed by atoms with E-state index in [1.807, 2.05) is 0 Å². The number of nitrogens with zero attached hydrogens (tertiary/aromatic N) is 1. The highest BCUT2D eigenvalue weighted by Crippen LogP contribution is 2.42. The van der Waals surface area contributed by atoms with Gasteiger partial charge in [-0.1, -0.05) is 0 Å². The minimum Gasteiger partial charge on any atom is -0.486 e. The summed E-state index contributed by atoms with van der Waals surface area (Å²) in [5, 5.41) is 9.89. The van der Waals surface area contributed by atoms with Gasteiger partial charge in [0.05, 0.1) is 18.8 Å². The number of hydrogen-bond donors (Lipinski definition) is 1. The van der Waals surface area contributed by atoms with Gasteiger partial charge in [0.1, 0.15) is 25.4 Å². The van der Waals surface area contributed by atoms with Gasteiger partial charge in [-0.2, -0.15) is 0 Å². The minimum absolute atomic E-state index is 0.201. The summed E-state index contributed by atoms with van der Waals surface area (Å²) in [4.78, 5) is 14.1. The summed E-state index contributed by atoms with van der Waals surface area (Å²) in [6.45, 7) is 4.13. The smallest absolute Gasteiger partial charge is 0.414 e. The Kier molecular flexibility index (Phi) is 5.54. The maximum absolute atomic E-state index is 12.6. The second-order valence-electron chi connectivity index (χ2n) is 7.58. The summed E-state index contributed by atoms with van der Waals surface area (Å²) < 4.78 is 39.9. The van der Waals surface area contributed by atoms with E-state index in [1.54, 1.807) is 32.0 Å². The molecule has 30 heavy (non-hydrogen) atoms. The van der Waals surface area contributed by atoms with Crippen molar-refractivity contribution in [1.82, 2.24) is 0 Å². The highest BCUT2D eigenvalue weighted by molar-refractivity contribution is 5.90. The van der Waals surface area contributed by atoms with E-state index in [-0.39, 0.29) is 13.2 Å². The number of anilines is 1. The molecule has 166 valence electrons. The molecule has 0 saturated carbocycles. The van der Waals surface area contributed by atoms with E-state index < -0.39 is 36.0 Å². The van der Waals surface area contributed by atoms with Crippen molar-refractivity contribution in [2.24, 2.45) is 0 Å². The van der Waals surface area contributed by atoms with Crippen LogP contribution in [-0.4, -0.2) is 81.7 Å². The second-order valence-corrected chi connectivity index (χ2v) is 7.58. The van der Waals surface area contributed by atoms with Crippen LogP contribution < -0.4 is 14.4 Å². The van der Waals surface area contributed by atoms with Gasteiger partial charge in [0.25, 0.3) is 0 Å². The maximum atomic E-state index is 12.6. The molecule has 1 N–H and O–H groups in total. The van der Waals surface area contributed by atoms with Crippen LogP contribution in [0.2, 0.25) is 0 Å². The van der Waals surface area contributed by atoms with Crippen LogP contribution >= 0.6 is 0 Å². The first-order valence-corrected chi connectivity index (χ1v) is 9.78. The van der Waals surface area contributed by atoms with Crippen molar-refractivity contribution in [3.63, 3.8) is 0 Å². The zero-order valence-electron chi connectivity index (χ0n) is 17.5. The molecule has 10 heteroatoms. The first-order chi connectivity index (χ1) is 14.3. The molecule has 10 nitrogen and oxygen atoms in total. The summed E-state index contributed by atoms with van der Waals surface area (Å²) in [5.74, 6) is -1.34. The van der Waals surface area contributed by atoms with Gasteiger partial charge in [-0.3, -0.25) is 4.90 Å². The zero-order chi connectivity index (χ0) is 21.5. The van der Waals surface area contributed by atoms with Gasteiger partial charge in [0.2, 0.25) is 11.6 Å². The number of methoxy groups -OCH3 is 2. The standard InChI is InChI=1S/C20H27NO9/c1-19(24-3)20(2,25-4)30-17(16(11-22)29-19)15-10-21(18(23)28-15)12-5-6-13-14(9-12)27-8-7-26-13/h5-6,9,15-17,22H,7-8,10-11H2,1-4H3/t15-,16-,17-,19+,20+/m0/s1. The molecule has 1 aromatic rings. The van der Waals surface area contributed by atoms with Crippen LogP contribution in [0.5, 0.6) is 11.5 Å². The van der Waals surface area contributed by atoms with E-state index >= 15 is 0 Å². The summed E-state index contributed by atoms with van der Waals surface area (Å²) in [6, 6.07) is 5.26. The van der Waals surface area contributed by atoms with Crippen LogP contribution in [0.15, 0.2) is 18.2 Å². The van der Waals surface area contributed by atoms with E-state index in [1.165, 1.54) is 19.1 Å². The third-order valence-electron chi connectivity index (χ3n) is 5.93. The normalized spacial score (nSPS) is 36.0. The Balaban J connectivity index is 1.56. The molecule has 3 aliphatic heterocycles. The molecular formula is C20H27NO9. The lowest BCUT2D eigenvalue weighted by Gasteiger charge is -2.52. The molecule has 0 bridgehead atoms. The summed E-state index contributed by atoms with van der Waals surface area (Å²) in [6.07, 6.45) is -2.78. The van der Waals surface area contributed by atoms with Crippen molar-refractivity contribution in [3.8, 4) is 11.5 Å². The molecule has 2 saturated heterocycles. The second kappa shape index (κ2) is 7.86. The van der Waals surface area contributed by atoms with Crippen molar-refractivity contribution >= 4 is 11.8 Å². The summed E-state index contributed by atoms with van der Waals surface area (Å²) in [5.41, 5.74) is 0.611. The fourth-order valence-corrected chi connectivity index (χ4v) is 3.90. The van der Waals surface area contributed by atoms with Crippen molar-refractivity contribution < 1.29 is 43.1 Å². The van der Waals surface area contributed by atoms with Crippen LogP contribution in [0.1, 0.15) is 13.8 Å². The minimum atomic E-state index is -1.28. The lowest BCUT2D eigenvalue weighted by Crippen LogP contribution is -2.68. The van der Waals surface area contributed by atoms with E-state index in [4.69, 9.17) is 33.2 Å². The molecular weight excluding hydrogens is 398 g/mol. The molecule has 1 amide bonds.